The molecule has 1 aromatic carbocycles. The Morgan fingerprint density at radius 1 is 1.21 bits per heavy atom. The molecular weight excluding hydrogens is 238 g/mol. The van der Waals surface area contributed by atoms with Gasteiger partial charge in [-0.15, -0.1) is 0 Å². The Balaban J connectivity index is 2.30. The largest absolute Gasteiger partial charge is 0.480 e. The molecule has 0 aliphatic heterocycles. The van der Waals surface area contributed by atoms with Gasteiger partial charge < -0.3 is 5.11 Å². The van der Waals surface area contributed by atoms with E-state index in [0.29, 0.717) is 6.04 Å². The van der Waals surface area contributed by atoms with E-state index in [1.807, 2.05) is 20.8 Å². The number of hydrogen-bond donors (Lipinski definition) is 2. The lowest BCUT2D eigenvalue weighted by Crippen LogP contribution is -2.36. The lowest BCUT2D eigenvalue weighted by Gasteiger charge is -2.23. The highest BCUT2D eigenvalue weighted by Gasteiger charge is 2.27. The average molecular weight is 261 g/mol. The van der Waals surface area contributed by atoms with Crippen LogP contribution >= 0.6 is 0 Å². The summed E-state index contributed by atoms with van der Waals surface area (Å²) < 4.78 is 0. The predicted octanol–water partition coefficient (Wildman–Crippen LogP) is 3.27. The minimum Gasteiger partial charge on any atom is -0.480 e. The van der Waals surface area contributed by atoms with Crippen molar-refractivity contribution in [1.82, 2.24) is 5.32 Å². The van der Waals surface area contributed by atoms with E-state index in [0.717, 1.165) is 29.5 Å². The van der Waals surface area contributed by atoms with Crippen molar-refractivity contribution < 1.29 is 9.90 Å². The minimum absolute atomic E-state index is 0.348. The molecule has 0 aromatic heterocycles. The van der Waals surface area contributed by atoms with Gasteiger partial charge in [-0.2, -0.15) is 0 Å². The molecule has 1 fully saturated rings. The Hall–Kier alpha value is -1.35. The van der Waals surface area contributed by atoms with Crippen molar-refractivity contribution in [2.24, 2.45) is 0 Å². The van der Waals surface area contributed by atoms with Crippen LogP contribution in [0.25, 0.3) is 0 Å². The molecule has 0 saturated heterocycles. The first-order valence-corrected chi connectivity index (χ1v) is 7.05. The Morgan fingerprint density at radius 3 is 2.21 bits per heavy atom. The molecule has 0 radical (unpaired) electrons. The quantitative estimate of drug-likeness (QED) is 0.874. The smallest absolute Gasteiger partial charge is 0.325 e. The summed E-state index contributed by atoms with van der Waals surface area (Å²) in [7, 11) is 0. The Labute approximate surface area is 115 Å². The van der Waals surface area contributed by atoms with E-state index in [1.165, 1.54) is 18.4 Å². The van der Waals surface area contributed by atoms with Crippen molar-refractivity contribution in [3.63, 3.8) is 0 Å². The van der Waals surface area contributed by atoms with Gasteiger partial charge in [-0.3, -0.25) is 10.1 Å². The number of carboxylic acid groups (broad SMARTS) is 1. The second kappa shape index (κ2) is 5.74. The molecule has 19 heavy (non-hydrogen) atoms. The van der Waals surface area contributed by atoms with E-state index in [9.17, 15) is 9.90 Å². The van der Waals surface area contributed by atoms with Gasteiger partial charge in [0.25, 0.3) is 0 Å². The Morgan fingerprint density at radius 2 is 1.74 bits per heavy atom. The summed E-state index contributed by atoms with van der Waals surface area (Å²) >= 11 is 0. The topological polar surface area (TPSA) is 49.3 Å². The van der Waals surface area contributed by atoms with Gasteiger partial charge in [-0.05, 0) is 50.3 Å². The third-order valence-corrected chi connectivity index (χ3v) is 4.03. The van der Waals surface area contributed by atoms with Crippen LogP contribution in [0.2, 0.25) is 0 Å². The van der Waals surface area contributed by atoms with Crippen LogP contribution in [0.15, 0.2) is 12.1 Å². The molecule has 1 saturated carbocycles. The van der Waals surface area contributed by atoms with Crippen LogP contribution in [-0.4, -0.2) is 17.1 Å². The Bertz CT molecular complexity index is 453. The minimum atomic E-state index is -0.776. The number of benzene rings is 1. The molecule has 1 aliphatic rings. The molecule has 1 unspecified atom stereocenters. The highest BCUT2D eigenvalue weighted by atomic mass is 16.4. The lowest BCUT2D eigenvalue weighted by atomic mass is 9.93. The zero-order valence-electron chi connectivity index (χ0n) is 12.0. The van der Waals surface area contributed by atoms with Crippen LogP contribution in [0.5, 0.6) is 0 Å². The molecule has 0 spiro atoms. The van der Waals surface area contributed by atoms with Gasteiger partial charge in [0.1, 0.15) is 6.04 Å². The first-order chi connectivity index (χ1) is 8.99. The summed E-state index contributed by atoms with van der Waals surface area (Å²) in [6.45, 7) is 6.05. The van der Waals surface area contributed by atoms with Gasteiger partial charge in [0.05, 0.1) is 0 Å². The number of hydrogen-bond acceptors (Lipinski definition) is 2. The number of carboxylic acids is 1. The van der Waals surface area contributed by atoms with E-state index in [1.54, 1.807) is 0 Å². The molecule has 2 rings (SSSR count). The van der Waals surface area contributed by atoms with Crippen LogP contribution in [0.3, 0.4) is 0 Å². The number of rotatable bonds is 4. The number of carbonyl (C=O) groups is 1. The average Bonchev–Trinajstić information content (AvgIpc) is 2.78. The van der Waals surface area contributed by atoms with Crippen molar-refractivity contribution in [2.45, 2.75) is 58.5 Å². The summed E-state index contributed by atoms with van der Waals surface area (Å²) in [6.07, 6.45) is 4.59. The standard InChI is InChI=1S/C16H23NO2/c1-10-8-11(2)14(12(3)9-10)15(16(18)19)17-13-6-4-5-7-13/h8-9,13,15,17H,4-7H2,1-3H3,(H,18,19). The fraction of sp³-hybridized carbons (Fsp3) is 0.562. The molecule has 0 bridgehead atoms. The predicted molar refractivity (Wildman–Crippen MR) is 76.4 cm³/mol. The molecule has 1 aromatic rings. The summed E-state index contributed by atoms with van der Waals surface area (Å²) in [5.41, 5.74) is 4.25. The molecule has 3 nitrogen and oxygen atoms in total. The van der Waals surface area contributed by atoms with Crippen LogP contribution < -0.4 is 5.32 Å². The second-order valence-corrected chi connectivity index (χ2v) is 5.73. The van der Waals surface area contributed by atoms with Crippen LogP contribution in [0, 0.1) is 20.8 Å². The van der Waals surface area contributed by atoms with Gasteiger partial charge in [0, 0.05) is 6.04 Å². The van der Waals surface area contributed by atoms with Gasteiger partial charge in [0.2, 0.25) is 0 Å². The molecular formula is C16H23NO2. The molecule has 3 heteroatoms. The maximum atomic E-state index is 11.6. The monoisotopic (exact) mass is 261 g/mol. The van der Waals surface area contributed by atoms with Crippen LogP contribution in [0.1, 0.15) is 54.0 Å². The van der Waals surface area contributed by atoms with E-state index < -0.39 is 12.0 Å². The van der Waals surface area contributed by atoms with Gasteiger partial charge in [-0.25, -0.2) is 0 Å². The van der Waals surface area contributed by atoms with E-state index >= 15 is 0 Å². The van der Waals surface area contributed by atoms with Gasteiger partial charge >= 0.3 is 5.97 Å². The van der Waals surface area contributed by atoms with E-state index in [2.05, 4.69) is 17.4 Å². The Kier molecular flexibility index (Phi) is 4.25. The van der Waals surface area contributed by atoms with E-state index in [-0.39, 0.29) is 0 Å². The molecule has 1 aliphatic carbocycles. The molecule has 2 N–H and O–H groups in total. The number of nitrogens with one attached hydrogen (secondary N) is 1. The molecule has 0 amide bonds. The number of aliphatic carboxylic acids is 1. The first-order valence-electron chi connectivity index (χ1n) is 7.05. The fourth-order valence-electron chi connectivity index (χ4n) is 3.25. The zero-order valence-corrected chi connectivity index (χ0v) is 12.0. The van der Waals surface area contributed by atoms with Crippen LogP contribution in [-0.2, 0) is 4.79 Å². The normalized spacial score (nSPS) is 17.6. The van der Waals surface area contributed by atoms with Crippen molar-refractivity contribution in [3.8, 4) is 0 Å². The molecule has 0 heterocycles. The van der Waals surface area contributed by atoms with Crippen LogP contribution in [0.4, 0.5) is 0 Å². The van der Waals surface area contributed by atoms with Crippen molar-refractivity contribution in [1.29, 1.82) is 0 Å². The summed E-state index contributed by atoms with van der Waals surface area (Å²) in [4.78, 5) is 11.6. The molecule has 1 atom stereocenters. The fourth-order valence-corrected chi connectivity index (χ4v) is 3.25. The maximum Gasteiger partial charge on any atom is 0.325 e. The first kappa shape index (κ1) is 14.1. The van der Waals surface area contributed by atoms with Gasteiger partial charge in [0.15, 0.2) is 0 Å². The van der Waals surface area contributed by atoms with Crippen molar-refractivity contribution in [2.75, 3.05) is 0 Å². The summed E-state index contributed by atoms with van der Waals surface area (Å²) in [5, 5.41) is 12.9. The van der Waals surface area contributed by atoms with Gasteiger partial charge in [-0.1, -0.05) is 30.5 Å². The summed E-state index contributed by atoms with van der Waals surface area (Å²) in [5.74, 6) is -0.776. The highest BCUT2D eigenvalue weighted by Crippen LogP contribution is 2.27. The highest BCUT2D eigenvalue weighted by molar-refractivity contribution is 5.77. The van der Waals surface area contributed by atoms with E-state index in [4.69, 9.17) is 0 Å². The summed E-state index contributed by atoms with van der Waals surface area (Å²) in [6, 6.07) is 3.90. The lowest BCUT2D eigenvalue weighted by molar-refractivity contribution is -0.139. The zero-order chi connectivity index (χ0) is 14.0. The van der Waals surface area contributed by atoms with Crippen molar-refractivity contribution >= 4 is 5.97 Å². The maximum absolute atomic E-state index is 11.6. The third kappa shape index (κ3) is 3.16. The van der Waals surface area contributed by atoms with Crippen molar-refractivity contribution in [3.05, 3.63) is 34.4 Å². The third-order valence-electron chi connectivity index (χ3n) is 4.03. The second-order valence-electron chi connectivity index (χ2n) is 5.73. The SMILES string of the molecule is Cc1cc(C)c(C(NC2CCCC2)C(=O)O)c(C)c1. The molecule has 104 valence electrons. The number of aryl methyl sites for hydroxylation is 3.